The van der Waals surface area contributed by atoms with Crippen molar-refractivity contribution in [1.29, 1.82) is 0 Å². The SMILES string of the molecule is CC[C@H](C(=O)NCCCN1C[C@H](C)C[C@H](C)C1)n1c(C)c2cnn(-c3ccccc3)c(=O)c2c1C. The molecule has 7 nitrogen and oxygen atoms in total. The zero-order valence-corrected chi connectivity index (χ0v) is 21.8. The molecule has 1 aromatic carbocycles. The van der Waals surface area contributed by atoms with Gasteiger partial charge in [-0.05, 0) is 63.6 Å². The minimum Gasteiger partial charge on any atom is -0.354 e. The topological polar surface area (TPSA) is 72.2 Å². The standard InChI is InChI=1S/C28H39N5O2/c1-6-25(27(34)29-13-10-14-31-17-19(2)15-20(3)18-31)32-21(4)24-16-30-33(23-11-8-7-9-12-23)28(35)26(24)22(32)5/h7-9,11-12,16,19-20,25H,6,10,13-15,17-18H2,1-5H3,(H,29,34)/t19-,20+,25-/m1/s1. The van der Waals surface area contributed by atoms with Crippen LogP contribution in [-0.2, 0) is 4.79 Å². The van der Waals surface area contributed by atoms with Gasteiger partial charge in [-0.1, -0.05) is 39.0 Å². The van der Waals surface area contributed by atoms with Gasteiger partial charge in [-0.15, -0.1) is 0 Å². The summed E-state index contributed by atoms with van der Waals surface area (Å²) in [6.45, 7) is 14.6. The molecule has 0 saturated carbocycles. The quantitative estimate of drug-likeness (QED) is 0.493. The lowest BCUT2D eigenvalue weighted by Gasteiger charge is -2.35. The lowest BCUT2D eigenvalue weighted by Crippen LogP contribution is -2.40. The van der Waals surface area contributed by atoms with Crippen molar-refractivity contribution in [3.63, 3.8) is 0 Å². The molecule has 2 aromatic heterocycles. The van der Waals surface area contributed by atoms with Gasteiger partial charge in [-0.2, -0.15) is 9.78 Å². The van der Waals surface area contributed by atoms with Crippen molar-refractivity contribution in [2.24, 2.45) is 11.8 Å². The van der Waals surface area contributed by atoms with Gasteiger partial charge >= 0.3 is 0 Å². The predicted octanol–water partition coefficient (Wildman–Crippen LogP) is 4.24. The van der Waals surface area contributed by atoms with E-state index in [-0.39, 0.29) is 17.5 Å². The summed E-state index contributed by atoms with van der Waals surface area (Å²) in [5.41, 5.74) is 2.29. The van der Waals surface area contributed by atoms with E-state index < -0.39 is 0 Å². The van der Waals surface area contributed by atoms with E-state index in [4.69, 9.17) is 0 Å². The van der Waals surface area contributed by atoms with Crippen molar-refractivity contribution in [1.82, 2.24) is 24.6 Å². The summed E-state index contributed by atoms with van der Waals surface area (Å²) in [6, 6.07) is 9.07. The monoisotopic (exact) mass is 477 g/mol. The Hall–Kier alpha value is -2.93. The molecule has 0 spiro atoms. The number of piperidine rings is 1. The fourth-order valence-electron chi connectivity index (χ4n) is 5.89. The van der Waals surface area contributed by atoms with Crippen LogP contribution in [0.5, 0.6) is 0 Å². The van der Waals surface area contributed by atoms with Crippen LogP contribution in [0.15, 0.2) is 41.3 Å². The van der Waals surface area contributed by atoms with Gasteiger partial charge in [0.15, 0.2) is 0 Å². The number of benzene rings is 1. The molecule has 1 saturated heterocycles. The van der Waals surface area contributed by atoms with Gasteiger partial charge in [0.05, 0.1) is 17.3 Å². The third-order valence-corrected chi connectivity index (χ3v) is 7.35. The highest BCUT2D eigenvalue weighted by Crippen LogP contribution is 2.28. The lowest BCUT2D eigenvalue weighted by atomic mass is 9.92. The van der Waals surface area contributed by atoms with Gasteiger partial charge in [0.25, 0.3) is 5.56 Å². The molecule has 7 heteroatoms. The number of carbonyl (C=O) groups is 1. The van der Waals surface area contributed by atoms with Crippen LogP contribution in [0.25, 0.3) is 16.5 Å². The maximum Gasteiger partial charge on any atom is 0.281 e. The van der Waals surface area contributed by atoms with Crippen LogP contribution in [-0.4, -0.2) is 51.3 Å². The Bertz CT molecular complexity index is 1220. The summed E-state index contributed by atoms with van der Waals surface area (Å²) < 4.78 is 3.45. The van der Waals surface area contributed by atoms with Gasteiger partial charge in [0.1, 0.15) is 6.04 Å². The average molecular weight is 478 g/mol. The smallest absolute Gasteiger partial charge is 0.281 e. The Balaban J connectivity index is 1.50. The van der Waals surface area contributed by atoms with Gasteiger partial charge in [0.2, 0.25) is 5.91 Å². The number of para-hydroxylation sites is 1. The minimum absolute atomic E-state index is 0.00994. The summed E-state index contributed by atoms with van der Waals surface area (Å²) in [7, 11) is 0. The molecule has 188 valence electrons. The second kappa shape index (κ2) is 10.8. The second-order valence-corrected chi connectivity index (χ2v) is 10.3. The van der Waals surface area contributed by atoms with Crippen molar-refractivity contribution in [3.05, 3.63) is 58.3 Å². The molecule has 3 aromatic rings. The first-order valence-corrected chi connectivity index (χ1v) is 13.0. The number of nitrogens with one attached hydrogen (secondary N) is 1. The van der Waals surface area contributed by atoms with Gasteiger partial charge in [-0.3, -0.25) is 9.59 Å². The zero-order chi connectivity index (χ0) is 25.1. The molecule has 0 bridgehead atoms. The Labute approximate surface area is 208 Å². The van der Waals surface area contributed by atoms with Crippen LogP contribution < -0.4 is 10.9 Å². The maximum atomic E-state index is 13.4. The third kappa shape index (κ3) is 5.20. The van der Waals surface area contributed by atoms with E-state index in [1.54, 1.807) is 6.20 Å². The largest absolute Gasteiger partial charge is 0.354 e. The van der Waals surface area contributed by atoms with Gasteiger partial charge in [-0.25, -0.2) is 0 Å². The number of amides is 1. The highest BCUT2D eigenvalue weighted by Gasteiger charge is 2.26. The molecule has 0 aliphatic carbocycles. The number of hydrogen-bond acceptors (Lipinski definition) is 4. The summed E-state index contributed by atoms with van der Waals surface area (Å²) in [6.07, 6.45) is 4.64. The number of aromatic nitrogens is 3. The molecule has 1 aliphatic rings. The number of rotatable bonds is 8. The van der Waals surface area contributed by atoms with Crippen LogP contribution in [0.4, 0.5) is 0 Å². The Morgan fingerprint density at radius 1 is 1.11 bits per heavy atom. The van der Waals surface area contributed by atoms with E-state index >= 15 is 0 Å². The summed E-state index contributed by atoms with van der Waals surface area (Å²) in [5, 5.41) is 9.01. The molecule has 3 heterocycles. The van der Waals surface area contributed by atoms with E-state index in [1.807, 2.05) is 55.7 Å². The average Bonchev–Trinajstić information content (AvgIpc) is 3.08. The first-order chi connectivity index (χ1) is 16.8. The molecule has 1 amide bonds. The van der Waals surface area contributed by atoms with Crippen LogP contribution in [0, 0.1) is 25.7 Å². The summed E-state index contributed by atoms with van der Waals surface area (Å²) in [5.74, 6) is 1.50. The molecule has 35 heavy (non-hydrogen) atoms. The molecule has 3 atom stereocenters. The first-order valence-electron chi connectivity index (χ1n) is 13.0. The number of carbonyl (C=O) groups excluding carboxylic acids is 1. The van der Waals surface area contributed by atoms with E-state index in [9.17, 15) is 9.59 Å². The molecule has 1 N–H and O–H groups in total. The highest BCUT2D eigenvalue weighted by atomic mass is 16.2. The fourth-order valence-corrected chi connectivity index (χ4v) is 5.89. The fraction of sp³-hybridized carbons (Fsp3) is 0.536. The molecule has 4 rings (SSSR count). The van der Waals surface area contributed by atoms with Crippen LogP contribution in [0.3, 0.4) is 0 Å². The Kier molecular flexibility index (Phi) is 7.75. The van der Waals surface area contributed by atoms with E-state index in [2.05, 4.69) is 29.2 Å². The predicted molar refractivity (Wildman–Crippen MR) is 141 cm³/mol. The van der Waals surface area contributed by atoms with Crippen molar-refractivity contribution in [2.75, 3.05) is 26.2 Å². The number of fused-ring (bicyclic) bond motifs is 1. The van der Waals surface area contributed by atoms with E-state index in [0.717, 1.165) is 60.4 Å². The Morgan fingerprint density at radius 2 is 1.80 bits per heavy atom. The van der Waals surface area contributed by atoms with E-state index in [0.29, 0.717) is 18.4 Å². The molecule has 0 radical (unpaired) electrons. The van der Waals surface area contributed by atoms with Gasteiger partial charge < -0.3 is 14.8 Å². The van der Waals surface area contributed by atoms with Crippen LogP contribution >= 0.6 is 0 Å². The normalized spacial score (nSPS) is 19.7. The Morgan fingerprint density at radius 3 is 2.46 bits per heavy atom. The van der Waals surface area contributed by atoms with Gasteiger partial charge in [0, 0.05) is 36.4 Å². The third-order valence-electron chi connectivity index (χ3n) is 7.35. The number of hydrogen-bond donors (Lipinski definition) is 1. The highest BCUT2D eigenvalue weighted by molar-refractivity contribution is 5.89. The molecule has 1 aliphatic heterocycles. The van der Waals surface area contributed by atoms with Crippen molar-refractivity contribution < 1.29 is 4.79 Å². The lowest BCUT2D eigenvalue weighted by molar-refractivity contribution is -0.124. The van der Waals surface area contributed by atoms with Crippen molar-refractivity contribution >= 4 is 16.7 Å². The van der Waals surface area contributed by atoms with Crippen LogP contribution in [0.1, 0.15) is 57.5 Å². The van der Waals surface area contributed by atoms with E-state index in [1.165, 1.54) is 11.1 Å². The van der Waals surface area contributed by atoms with Crippen molar-refractivity contribution in [2.45, 2.75) is 59.9 Å². The minimum atomic E-state index is -0.359. The number of likely N-dealkylation sites (tertiary alicyclic amines) is 1. The maximum absolute atomic E-state index is 13.4. The summed E-state index contributed by atoms with van der Waals surface area (Å²) >= 11 is 0. The second-order valence-electron chi connectivity index (χ2n) is 10.3. The first kappa shape index (κ1) is 25.2. The zero-order valence-electron chi connectivity index (χ0n) is 21.8. The number of nitrogens with zero attached hydrogens (tertiary/aromatic N) is 4. The molecule has 1 fully saturated rings. The number of aryl methyl sites for hydroxylation is 2. The van der Waals surface area contributed by atoms with Crippen LogP contribution in [0.2, 0.25) is 0 Å². The molecular formula is C28H39N5O2. The summed E-state index contributed by atoms with van der Waals surface area (Å²) in [4.78, 5) is 29.2. The molecule has 0 unspecified atom stereocenters. The molecular weight excluding hydrogens is 438 g/mol. The van der Waals surface area contributed by atoms with Crippen molar-refractivity contribution in [3.8, 4) is 5.69 Å².